The number of carbonyl (C=O) groups excluding carboxylic acids is 2. The first-order valence-corrected chi connectivity index (χ1v) is 9.08. The minimum atomic E-state index is -3.36. The Kier molecular flexibility index (Phi) is 9.78. The van der Waals surface area contributed by atoms with Crippen LogP contribution in [0.5, 0.6) is 0 Å². The molecule has 0 bridgehead atoms. The molecule has 0 saturated heterocycles. The van der Waals surface area contributed by atoms with Crippen LogP contribution in [0.4, 0.5) is 5.69 Å². The highest BCUT2D eigenvalue weighted by Gasteiger charge is 2.35. The minimum Gasteiger partial charge on any atom is -0.481 e. The minimum absolute atomic E-state index is 0.154. The molecule has 0 saturated carbocycles. The van der Waals surface area contributed by atoms with Gasteiger partial charge in [-0.15, -0.1) is 0 Å². The number of aliphatic hydroxyl groups is 5. The predicted molar refractivity (Wildman–Crippen MR) is 103 cm³/mol. The van der Waals surface area contributed by atoms with Crippen LogP contribution in [0, 0.1) is 0 Å². The Balaban J connectivity index is 2.72. The lowest BCUT2D eigenvalue weighted by molar-refractivity contribution is -0.327. The standard InChI is InChI=1S/C18H27N3O9/c19-11(9-22)16(26)21-14(18(28,29)30)7-6-13(23)17(27)20-12-4-2-1-3-10(12)5-8-15(24)25/h1-4,11,13-14,22-23,28-30H,5-9,19H2,(H,20,27)(H,21,26)(H,24,25)/t11-,13?,14?/m0/s1. The Labute approximate surface area is 172 Å². The van der Waals surface area contributed by atoms with Gasteiger partial charge >= 0.3 is 5.97 Å². The van der Waals surface area contributed by atoms with E-state index in [1.165, 1.54) is 6.07 Å². The topological polar surface area (TPSA) is 223 Å². The van der Waals surface area contributed by atoms with Crippen molar-refractivity contribution >= 4 is 23.5 Å². The summed E-state index contributed by atoms with van der Waals surface area (Å²) in [4.78, 5) is 34.7. The fourth-order valence-electron chi connectivity index (χ4n) is 2.50. The van der Waals surface area contributed by atoms with Crippen molar-refractivity contribution in [2.75, 3.05) is 11.9 Å². The zero-order valence-electron chi connectivity index (χ0n) is 16.1. The molecule has 1 aromatic rings. The van der Waals surface area contributed by atoms with Gasteiger partial charge in [0.25, 0.3) is 11.9 Å². The van der Waals surface area contributed by atoms with Crippen molar-refractivity contribution in [1.82, 2.24) is 5.32 Å². The van der Waals surface area contributed by atoms with Crippen LogP contribution in [0.2, 0.25) is 0 Å². The third-order valence-electron chi connectivity index (χ3n) is 4.23. The van der Waals surface area contributed by atoms with Gasteiger partial charge in [-0.2, -0.15) is 0 Å². The Bertz CT molecular complexity index is 736. The molecule has 1 aromatic carbocycles. The summed E-state index contributed by atoms with van der Waals surface area (Å²) in [6.07, 6.45) is -2.46. The summed E-state index contributed by atoms with van der Waals surface area (Å²) in [7, 11) is 0. The molecule has 2 unspecified atom stereocenters. The van der Waals surface area contributed by atoms with Crippen LogP contribution in [-0.2, 0) is 20.8 Å². The van der Waals surface area contributed by atoms with Crippen LogP contribution in [0.1, 0.15) is 24.8 Å². The van der Waals surface area contributed by atoms with Gasteiger partial charge in [0.2, 0.25) is 5.91 Å². The number of carboxylic acids is 1. The van der Waals surface area contributed by atoms with Crippen LogP contribution >= 0.6 is 0 Å². The normalized spacial score (nSPS) is 14.5. The summed E-state index contributed by atoms with van der Waals surface area (Å²) >= 11 is 0. The zero-order chi connectivity index (χ0) is 22.9. The molecule has 12 nitrogen and oxygen atoms in total. The maximum absolute atomic E-state index is 12.2. The molecule has 168 valence electrons. The Morgan fingerprint density at radius 2 is 1.70 bits per heavy atom. The molecule has 0 aromatic heterocycles. The van der Waals surface area contributed by atoms with Gasteiger partial charge in [0.1, 0.15) is 18.2 Å². The van der Waals surface area contributed by atoms with E-state index in [-0.39, 0.29) is 19.3 Å². The van der Waals surface area contributed by atoms with Crippen LogP contribution in [-0.4, -0.2) is 79.2 Å². The first-order valence-electron chi connectivity index (χ1n) is 9.08. The molecule has 0 aliphatic heterocycles. The lowest BCUT2D eigenvalue weighted by Crippen LogP contribution is -2.57. The van der Waals surface area contributed by atoms with Crippen molar-refractivity contribution < 1.29 is 45.0 Å². The van der Waals surface area contributed by atoms with E-state index in [1.54, 1.807) is 18.2 Å². The van der Waals surface area contributed by atoms with Gasteiger partial charge < -0.3 is 47.0 Å². The number of nitrogens with one attached hydrogen (secondary N) is 2. The fourth-order valence-corrected chi connectivity index (χ4v) is 2.50. The second-order valence-corrected chi connectivity index (χ2v) is 6.67. The number of hydrogen-bond acceptors (Lipinski definition) is 9. The molecular formula is C18H27N3O9. The van der Waals surface area contributed by atoms with E-state index in [2.05, 4.69) is 5.32 Å². The Morgan fingerprint density at radius 3 is 2.27 bits per heavy atom. The summed E-state index contributed by atoms with van der Waals surface area (Å²) in [6.45, 7) is -0.722. The van der Waals surface area contributed by atoms with Crippen LogP contribution in [0.25, 0.3) is 0 Å². The maximum atomic E-state index is 12.2. The summed E-state index contributed by atoms with van der Waals surface area (Å²) < 4.78 is 0. The van der Waals surface area contributed by atoms with E-state index < -0.39 is 55.0 Å². The molecule has 0 aliphatic carbocycles. The first kappa shape index (κ1) is 25.4. The molecule has 12 heteroatoms. The zero-order valence-corrected chi connectivity index (χ0v) is 16.1. The molecule has 0 spiro atoms. The van der Waals surface area contributed by atoms with Crippen LogP contribution < -0.4 is 16.4 Å². The van der Waals surface area contributed by atoms with Gasteiger partial charge in [0.15, 0.2) is 0 Å². The van der Waals surface area contributed by atoms with E-state index in [4.69, 9.17) is 15.9 Å². The van der Waals surface area contributed by atoms with Gasteiger partial charge in [0.05, 0.1) is 6.61 Å². The van der Waals surface area contributed by atoms with Gasteiger partial charge in [0, 0.05) is 12.1 Å². The predicted octanol–water partition coefficient (Wildman–Crippen LogP) is -2.78. The van der Waals surface area contributed by atoms with Crippen molar-refractivity contribution in [3.8, 4) is 0 Å². The van der Waals surface area contributed by atoms with Gasteiger partial charge in [-0.3, -0.25) is 14.4 Å². The van der Waals surface area contributed by atoms with Gasteiger partial charge in [-0.05, 0) is 30.9 Å². The number of hydrogen-bond donors (Lipinski definition) is 9. The largest absolute Gasteiger partial charge is 0.481 e. The van der Waals surface area contributed by atoms with Crippen molar-refractivity contribution in [2.45, 2.75) is 49.8 Å². The summed E-state index contributed by atoms with van der Waals surface area (Å²) in [5.74, 6) is -6.19. The lowest BCUT2D eigenvalue weighted by Gasteiger charge is -2.28. The molecule has 10 N–H and O–H groups in total. The van der Waals surface area contributed by atoms with E-state index >= 15 is 0 Å². The number of aliphatic carboxylic acids is 1. The fraction of sp³-hybridized carbons (Fsp3) is 0.500. The second-order valence-electron chi connectivity index (χ2n) is 6.67. The number of amides is 2. The van der Waals surface area contributed by atoms with Gasteiger partial charge in [-0.1, -0.05) is 18.2 Å². The van der Waals surface area contributed by atoms with Crippen molar-refractivity contribution in [3.63, 3.8) is 0 Å². The number of aryl methyl sites for hydroxylation is 1. The molecule has 0 fully saturated rings. The summed E-state index contributed by atoms with van der Waals surface area (Å²) in [5.41, 5.74) is 6.15. The van der Waals surface area contributed by atoms with Crippen molar-refractivity contribution in [3.05, 3.63) is 29.8 Å². The second kappa shape index (κ2) is 11.5. The molecule has 3 atom stereocenters. The van der Waals surface area contributed by atoms with Crippen molar-refractivity contribution in [2.24, 2.45) is 5.73 Å². The lowest BCUT2D eigenvalue weighted by atomic mass is 10.0. The first-order chi connectivity index (χ1) is 14.0. The number of benzene rings is 1. The SMILES string of the molecule is N[C@@H](CO)C(=O)NC(CCC(O)C(=O)Nc1ccccc1CCC(=O)O)C(O)(O)O. The third-order valence-corrected chi connectivity index (χ3v) is 4.23. The van der Waals surface area contributed by atoms with Crippen LogP contribution in [0.3, 0.4) is 0 Å². The van der Waals surface area contributed by atoms with Crippen molar-refractivity contribution in [1.29, 1.82) is 0 Å². The Morgan fingerprint density at radius 1 is 1.07 bits per heavy atom. The van der Waals surface area contributed by atoms with E-state index in [0.29, 0.717) is 11.3 Å². The highest BCUT2D eigenvalue weighted by molar-refractivity contribution is 5.94. The molecule has 0 aliphatic rings. The van der Waals surface area contributed by atoms with E-state index in [9.17, 15) is 34.8 Å². The monoisotopic (exact) mass is 429 g/mol. The average molecular weight is 429 g/mol. The number of aliphatic hydroxyl groups excluding tert-OH is 2. The highest BCUT2D eigenvalue weighted by atomic mass is 16.7. The molecule has 0 radical (unpaired) electrons. The molecule has 30 heavy (non-hydrogen) atoms. The van der Waals surface area contributed by atoms with E-state index in [0.717, 1.165) is 0 Å². The quantitative estimate of drug-likeness (QED) is 0.155. The Hall–Kier alpha value is -2.61. The number of nitrogens with two attached hydrogens (primary N) is 1. The highest BCUT2D eigenvalue weighted by Crippen LogP contribution is 2.18. The number of rotatable bonds is 12. The average Bonchev–Trinajstić information content (AvgIpc) is 2.68. The number of para-hydroxylation sites is 1. The maximum Gasteiger partial charge on any atom is 0.303 e. The molecule has 1 rings (SSSR count). The number of carboxylic acid groups (broad SMARTS) is 1. The molecule has 0 heterocycles. The molecular weight excluding hydrogens is 402 g/mol. The van der Waals surface area contributed by atoms with E-state index in [1.807, 2.05) is 5.32 Å². The van der Waals surface area contributed by atoms with Crippen LogP contribution in [0.15, 0.2) is 24.3 Å². The number of carbonyl (C=O) groups is 3. The summed E-state index contributed by atoms with van der Waals surface area (Å²) in [6, 6.07) is 3.36. The number of anilines is 1. The molecule has 2 amide bonds. The third kappa shape index (κ3) is 8.41. The smallest absolute Gasteiger partial charge is 0.303 e. The van der Waals surface area contributed by atoms with Gasteiger partial charge in [-0.25, -0.2) is 0 Å². The summed E-state index contributed by atoms with van der Waals surface area (Å²) in [5, 5.41) is 60.3.